The van der Waals surface area contributed by atoms with Crippen LogP contribution in [-0.2, 0) is 4.74 Å². The van der Waals surface area contributed by atoms with Gasteiger partial charge in [-0.05, 0) is 18.4 Å². The molecule has 0 aliphatic heterocycles. The van der Waals surface area contributed by atoms with Crippen molar-refractivity contribution in [3.8, 4) is 0 Å². The monoisotopic (exact) mass is 229 g/mol. The predicted octanol–water partition coefficient (Wildman–Crippen LogP) is 1.87. The number of hydrogen-bond acceptors (Lipinski definition) is 4. The number of carbonyl (C=O) groups excluding carboxylic acids is 1. The first kappa shape index (κ1) is 12.0. The van der Waals surface area contributed by atoms with Crippen LogP contribution in [0.4, 0.5) is 4.79 Å². The van der Waals surface area contributed by atoms with E-state index in [0.717, 1.165) is 4.88 Å². The summed E-state index contributed by atoms with van der Waals surface area (Å²) < 4.78 is 4.81. The largest absolute Gasteiger partial charge is 0.447 e. The normalized spacial score (nSPS) is 12.2. The molecule has 84 valence electrons. The van der Waals surface area contributed by atoms with Gasteiger partial charge in [0.05, 0.1) is 12.6 Å². The summed E-state index contributed by atoms with van der Waals surface area (Å²) in [7, 11) is 1.68. The van der Waals surface area contributed by atoms with Crippen LogP contribution in [0.2, 0.25) is 0 Å². The number of amides is 1. The highest BCUT2D eigenvalue weighted by Gasteiger charge is 2.18. The quantitative estimate of drug-likeness (QED) is 0.857. The number of carbonyl (C=O) groups is 1. The summed E-state index contributed by atoms with van der Waals surface area (Å²) in [5.74, 6) is 0. The molecule has 5 heteroatoms. The Bertz CT molecular complexity index is 300. The Kier molecular flexibility index (Phi) is 4.58. The number of aliphatic hydroxyl groups is 1. The molecule has 1 unspecified atom stereocenters. The van der Waals surface area contributed by atoms with Crippen molar-refractivity contribution < 1.29 is 14.6 Å². The van der Waals surface area contributed by atoms with Crippen LogP contribution in [0, 0.1) is 0 Å². The third-order valence-corrected chi connectivity index (χ3v) is 3.18. The van der Waals surface area contributed by atoms with Crippen LogP contribution in [0.1, 0.15) is 17.8 Å². The standard InChI is InChI=1S/C10H15NO3S/c1-8(9-4-3-7-15-9)11(2)10(13)14-6-5-12/h3-4,7-8,12H,5-6H2,1-2H3. The minimum atomic E-state index is -0.412. The molecule has 0 aliphatic carbocycles. The van der Waals surface area contributed by atoms with Crippen molar-refractivity contribution in [3.63, 3.8) is 0 Å². The van der Waals surface area contributed by atoms with E-state index >= 15 is 0 Å². The SMILES string of the molecule is CC(c1cccs1)N(C)C(=O)OCCO. The van der Waals surface area contributed by atoms with E-state index in [-0.39, 0.29) is 19.3 Å². The highest BCUT2D eigenvalue weighted by molar-refractivity contribution is 7.10. The number of nitrogens with zero attached hydrogens (tertiary/aromatic N) is 1. The molecule has 0 saturated heterocycles. The van der Waals surface area contributed by atoms with Crippen molar-refractivity contribution in [3.05, 3.63) is 22.4 Å². The van der Waals surface area contributed by atoms with Crippen molar-refractivity contribution in [1.82, 2.24) is 4.90 Å². The maximum atomic E-state index is 11.4. The Hall–Kier alpha value is -1.07. The lowest BCUT2D eigenvalue weighted by molar-refractivity contribution is 0.0823. The smallest absolute Gasteiger partial charge is 0.410 e. The second kappa shape index (κ2) is 5.72. The van der Waals surface area contributed by atoms with Gasteiger partial charge in [-0.2, -0.15) is 0 Å². The average Bonchev–Trinajstić information content (AvgIpc) is 2.77. The van der Waals surface area contributed by atoms with Crippen LogP contribution in [0.25, 0.3) is 0 Å². The van der Waals surface area contributed by atoms with Crippen LogP contribution in [0.15, 0.2) is 17.5 Å². The number of ether oxygens (including phenoxy) is 1. The minimum absolute atomic E-state index is 0.00353. The van der Waals surface area contributed by atoms with E-state index in [0.29, 0.717) is 0 Å². The lowest BCUT2D eigenvalue weighted by Crippen LogP contribution is -2.30. The molecule has 1 aromatic rings. The molecule has 0 aromatic carbocycles. The second-order valence-electron chi connectivity index (χ2n) is 3.14. The van der Waals surface area contributed by atoms with Crippen LogP contribution in [0.3, 0.4) is 0 Å². The van der Waals surface area contributed by atoms with Crippen molar-refractivity contribution in [2.75, 3.05) is 20.3 Å². The molecule has 1 amide bonds. The van der Waals surface area contributed by atoms with Crippen molar-refractivity contribution in [1.29, 1.82) is 0 Å². The summed E-state index contributed by atoms with van der Waals surface area (Å²) in [6.07, 6.45) is -0.412. The van der Waals surface area contributed by atoms with Gasteiger partial charge in [0, 0.05) is 11.9 Å². The molecule has 1 rings (SSSR count). The molecule has 15 heavy (non-hydrogen) atoms. The van der Waals surface area contributed by atoms with E-state index in [4.69, 9.17) is 9.84 Å². The summed E-state index contributed by atoms with van der Waals surface area (Å²) in [4.78, 5) is 14.1. The fourth-order valence-corrected chi connectivity index (χ4v) is 1.94. The summed E-state index contributed by atoms with van der Waals surface area (Å²) in [5, 5.41) is 10.5. The highest BCUT2D eigenvalue weighted by atomic mass is 32.1. The Morgan fingerprint density at radius 2 is 2.47 bits per heavy atom. The molecule has 0 saturated carbocycles. The topological polar surface area (TPSA) is 49.8 Å². The summed E-state index contributed by atoms with van der Waals surface area (Å²) in [5.41, 5.74) is 0. The summed E-state index contributed by atoms with van der Waals surface area (Å²) >= 11 is 1.60. The molecule has 1 heterocycles. The van der Waals surface area contributed by atoms with Crippen LogP contribution < -0.4 is 0 Å². The number of thiophene rings is 1. The van der Waals surface area contributed by atoms with Gasteiger partial charge in [-0.15, -0.1) is 11.3 Å². The molecule has 1 aromatic heterocycles. The molecular weight excluding hydrogens is 214 g/mol. The first-order valence-corrected chi connectivity index (χ1v) is 5.58. The third-order valence-electron chi connectivity index (χ3n) is 2.14. The van der Waals surface area contributed by atoms with Crippen LogP contribution >= 0.6 is 11.3 Å². The molecule has 0 bridgehead atoms. The Morgan fingerprint density at radius 1 is 1.73 bits per heavy atom. The Balaban J connectivity index is 2.52. The lowest BCUT2D eigenvalue weighted by Gasteiger charge is -2.23. The molecule has 4 nitrogen and oxygen atoms in total. The van der Waals surface area contributed by atoms with Gasteiger partial charge < -0.3 is 14.7 Å². The Labute approximate surface area is 93.1 Å². The molecule has 1 N–H and O–H groups in total. The van der Waals surface area contributed by atoms with Crippen LogP contribution in [-0.4, -0.2) is 36.4 Å². The van der Waals surface area contributed by atoms with Crippen LogP contribution in [0.5, 0.6) is 0 Å². The van der Waals surface area contributed by atoms with E-state index in [2.05, 4.69) is 0 Å². The maximum Gasteiger partial charge on any atom is 0.410 e. The maximum absolute atomic E-state index is 11.4. The number of aliphatic hydroxyl groups excluding tert-OH is 1. The first-order valence-electron chi connectivity index (χ1n) is 4.70. The number of hydrogen-bond donors (Lipinski definition) is 1. The minimum Gasteiger partial charge on any atom is -0.447 e. The van der Waals surface area contributed by atoms with E-state index in [1.807, 2.05) is 24.4 Å². The highest BCUT2D eigenvalue weighted by Crippen LogP contribution is 2.23. The summed E-state index contributed by atoms with van der Waals surface area (Å²) in [6, 6.07) is 3.92. The zero-order valence-corrected chi connectivity index (χ0v) is 9.66. The predicted molar refractivity (Wildman–Crippen MR) is 58.9 cm³/mol. The molecule has 1 atom stereocenters. The molecule has 0 fully saturated rings. The van der Waals surface area contributed by atoms with Gasteiger partial charge in [0.2, 0.25) is 0 Å². The molecule has 0 radical (unpaired) electrons. The van der Waals surface area contributed by atoms with E-state index in [1.165, 1.54) is 4.90 Å². The van der Waals surface area contributed by atoms with Gasteiger partial charge in [0.15, 0.2) is 0 Å². The van der Waals surface area contributed by atoms with Gasteiger partial charge in [0.25, 0.3) is 0 Å². The fourth-order valence-electron chi connectivity index (χ4n) is 1.11. The second-order valence-corrected chi connectivity index (χ2v) is 4.12. The first-order chi connectivity index (χ1) is 7.16. The zero-order chi connectivity index (χ0) is 11.3. The average molecular weight is 229 g/mol. The van der Waals surface area contributed by atoms with Gasteiger partial charge in [-0.25, -0.2) is 4.79 Å². The Morgan fingerprint density at radius 3 is 3.00 bits per heavy atom. The molecule has 0 spiro atoms. The van der Waals surface area contributed by atoms with Gasteiger partial charge >= 0.3 is 6.09 Å². The van der Waals surface area contributed by atoms with Gasteiger partial charge in [-0.1, -0.05) is 6.07 Å². The van der Waals surface area contributed by atoms with Gasteiger partial charge in [-0.3, -0.25) is 0 Å². The van der Waals surface area contributed by atoms with Crippen molar-refractivity contribution in [2.24, 2.45) is 0 Å². The lowest BCUT2D eigenvalue weighted by atomic mass is 10.2. The van der Waals surface area contributed by atoms with E-state index < -0.39 is 6.09 Å². The van der Waals surface area contributed by atoms with Gasteiger partial charge in [0.1, 0.15) is 6.61 Å². The van der Waals surface area contributed by atoms with Crippen molar-refractivity contribution in [2.45, 2.75) is 13.0 Å². The van der Waals surface area contributed by atoms with E-state index in [1.54, 1.807) is 18.4 Å². The zero-order valence-electron chi connectivity index (χ0n) is 8.84. The molecule has 0 aliphatic rings. The third kappa shape index (κ3) is 3.21. The van der Waals surface area contributed by atoms with E-state index in [9.17, 15) is 4.79 Å². The van der Waals surface area contributed by atoms with Crippen molar-refractivity contribution >= 4 is 17.4 Å². The summed E-state index contributed by atoms with van der Waals surface area (Å²) in [6.45, 7) is 1.83. The number of rotatable bonds is 4. The molecular formula is C10H15NO3S. The fraction of sp³-hybridized carbons (Fsp3) is 0.500.